The van der Waals surface area contributed by atoms with Crippen molar-refractivity contribution in [1.29, 1.82) is 0 Å². The van der Waals surface area contributed by atoms with Crippen LogP contribution in [0, 0.1) is 0 Å². The number of aromatic nitrogens is 1. The third-order valence-corrected chi connectivity index (χ3v) is 1.92. The summed E-state index contributed by atoms with van der Waals surface area (Å²) in [5.74, 6) is -0.528. The van der Waals surface area contributed by atoms with E-state index in [-0.39, 0.29) is 24.7 Å². The molecule has 5 nitrogen and oxygen atoms in total. The van der Waals surface area contributed by atoms with Crippen molar-refractivity contribution in [2.75, 3.05) is 7.11 Å². The molecule has 0 atom stereocenters. The number of aromatic amines is 1. The van der Waals surface area contributed by atoms with Gasteiger partial charge in [0.15, 0.2) is 0 Å². The summed E-state index contributed by atoms with van der Waals surface area (Å²) < 4.78 is 4.43. The Hall–Kier alpha value is -1.78. The van der Waals surface area contributed by atoms with E-state index in [1.807, 2.05) is 12.1 Å². The molecule has 0 bridgehead atoms. The molecule has 15 heavy (non-hydrogen) atoms. The van der Waals surface area contributed by atoms with Crippen LogP contribution in [0.25, 0.3) is 0 Å². The second-order valence-corrected chi connectivity index (χ2v) is 3.05. The maximum Gasteiger partial charge on any atom is 0.306 e. The molecule has 0 aliphatic carbocycles. The van der Waals surface area contributed by atoms with Gasteiger partial charge in [-0.05, 0) is 12.1 Å². The van der Waals surface area contributed by atoms with Gasteiger partial charge in [0.1, 0.15) is 0 Å². The van der Waals surface area contributed by atoms with E-state index in [4.69, 9.17) is 0 Å². The molecule has 0 fully saturated rings. The van der Waals surface area contributed by atoms with E-state index < -0.39 is 0 Å². The van der Waals surface area contributed by atoms with Gasteiger partial charge in [0, 0.05) is 18.3 Å². The summed E-state index contributed by atoms with van der Waals surface area (Å²) >= 11 is 0. The number of hydrogen-bond acceptors (Lipinski definition) is 3. The second kappa shape index (κ2) is 5.85. The fourth-order valence-corrected chi connectivity index (χ4v) is 1.08. The van der Waals surface area contributed by atoms with Crippen LogP contribution >= 0.6 is 0 Å². The Morgan fingerprint density at radius 2 is 2.27 bits per heavy atom. The van der Waals surface area contributed by atoms with Crippen molar-refractivity contribution < 1.29 is 14.3 Å². The average molecular weight is 210 g/mol. The smallest absolute Gasteiger partial charge is 0.306 e. The normalized spacial score (nSPS) is 9.67. The molecule has 1 aromatic heterocycles. The van der Waals surface area contributed by atoms with Crippen molar-refractivity contribution in [3.05, 3.63) is 24.0 Å². The number of rotatable bonds is 5. The first-order valence-electron chi connectivity index (χ1n) is 4.68. The van der Waals surface area contributed by atoms with Crippen molar-refractivity contribution in [2.24, 2.45) is 0 Å². The summed E-state index contributed by atoms with van der Waals surface area (Å²) in [6, 6.07) is 3.73. The Balaban J connectivity index is 2.16. The number of methoxy groups -OCH3 is 1. The van der Waals surface area contributed by atoms with Gasteiger partial charge in [-0.2, -0.15) is 0 Å². The summed E-state index contributed by atoms with van der Waals surface area (Å²) in [6.07, 6.45) is 2.07. The fraction of sp³-hybridized carbons (Fsp3) is 0.400. The fourth-order valence-electron chi connectivity index (χ4n) is 1.08. The van der Waals surface area contributed by atoms with Crippen LogP contribution in [-0.2, 0) is 20.9 Å². The number of esters is 1. The SMILES string of the molecule is COC(=O)CCC(=O)NCc1ccc[nH]1. The van der Waals surface area contributed by atoms with Gasteiger partial charge in [-0.15, -0.1) is 0 Å². The minimum Gasteiger partial charge on any atom is -0.469 e. The molecule has 0 unspecified atom stereocenters. The number of amides is 1. The van der Waals surface area contributed by atoms with Crippen LogP contribution < -0.4 is 5.32 Å². The molecular formula is C10H14N2O3. The van der Waals surface area contributed by atoms with Gasteiger partial charge in [-0.25, -0.2) is 0 Å². The van der Waals surface area contributed by atoms with E-state index >= 15 is 0 Å². The van der Waals surface area contributed by atoms with Crippen molar-refractivity contribution >= 4 is 11.9 Å². The lowest BCUT2D eigenvalue weighted by molar-refractivity contribution is -0.142. The monoisotopic (exact) mass is 210 g/mol. The number of carbonyl (C=O) groups excluding carboxylic acids is 2. The summed E-state index contributed by atoms with van der Waals surface area (Å²) in [7, 11) is 1.30. The third-order valence-electron chi connectivity index (χ3n) is 1.92. The van der Waals surface area contributed by atoms with Gasteiger partial charge in [-0.3, -0.25) is 9.59 Å². The standard InChI is InChI=1S/C10H14N2O3/c1-15-10(14)5-4-9(13)12-7-8-3-2-6-11-8/h2-3,6,11H,4-5,7H2,1H3,(H,12,13). The minimum absolute atomic E-state index is 0.118. The largest absolute Gasteiger partial charge is 0.469 e. The van der Waals surface area contributed by atoms with E-state index in [2.05, 4.69) is 15.0 Å². The predicted molar refractivity (Wildman–Crippen MR) is 53.9 cm³/mol. The number of nitrogens with one attached hydrogen (secondary N) is 2. The zero-order chi connectivity index (χ0) is 11.1. The lowest BCUT2D eigenvalue weighted by atomic mass is 10.3. The molecule has 82 valence electrons. The van der Waals surface area contributed by atoms with Crippen molar-refractivity contribution in [1.82, 2.24) is 10.3 Å². The van der Waals surface area contributed by atoms with Gasteiger partial charge in [0.05, 0.1) is 20.1 Å². The van der Waals surface area contributed by atoms with Crippen LogP contribution in [0.15, 0.2) is 18.3 Å². The van der Waals surface area contributed by atoms with Gasteiger partial charge >= 0.3 is 5.97 Å². The zero-order valence-corrected chi connectivity index (χ0v) is 8.58. The molecule has 0 radical (unpaired) electrons. The van der Waals surface area contributed by atoms with Gasteiger partial charge < -0.3 is 15.0 Å². The Labute approximate surface area is 87.8 Å². The zero-order valence-electron chi connectivity index (χ0n) is 8.58. The van der Waals surface area contributed by atoms with Crippen LogP contribution in [0.3, 0.4) is 0 Å². The maximum atomic E-state index is 11.2. The second-order valence-electron chi connectivity index (χ2n) is 3.05. The molecule has 0 saturated carbocycles. The molecule has 1 aromatic rings. The molecule has 5 heteroatoms. The van der Waals surface area contributed by atoms with Crippen LogP contribution in [-0.4, -0.2) is 24.0 Å². The average Bonchev–Trinajstić information content (AvgIpc) is 2.75. The van der Waals surface area contributed by atoms with Crippen LogP contribution in [0.5, 0.6) is 0 Å². The van der Waals surface area contributed by atoms with Crippen LogP contribution in [0.4, 0.5) is 0 Å². The molecular weight excluding hydrogens is 196 g/mol. The minimum atomic E-state index is -0.370. The summed E-state index contributed by atoms with van der Waals surface area (Å²) in [5, 5.41) is 2.69. The molecule has 1 heterocycles. The Bertz CT molecular complexity index is 319. The van der Waals surface area contributed by atoms with E-state index in [1.165, 1.54) is 7.11 Å². The van der Waals surface area contributed by atoms with E-state index in [0.717, 1.165) is 5.69 Å². The molecule has 0 aromatic carbocycles. The van der Waals surface area contributed by atoms with Crippen molar-refractivity contribution in [3.8, 4) is 0 Å². The molecule has 0 aliphatic heterocycles. The predicted octanol–water partition coefficient (Wildman–Crippen LogP) is 0.584. The molecule has 1 amide bonds. The number of carbonyl (C=O) groups is 2. The highest BCUT2D eigenvalue weighted by Crippen LogP contribution is 1.95. The van der Waals surface area contributed by atoms with Crippen LogP contribution in [0.2, 0.25) is 0 Å². The first kappa shape index (κ1) is 11.3. The molecule has 0 spiro atoms. The lowest BCUT2D eigenvalue weighted by Crippen LogP contribution is -2.23. The first-order valence-corrected chi connectivity index (χ1v) is 4.68. The Morgan fingerprint density at radius 1 is 1.47 bits per heavy atom. The molecule has 0 saturated heterocycles. The number of ether oxygens (including phenoxy) is 1. The van der Waals surface area contributed by atoms with Gasteiger partial charge in [0.25, 0.3) is 0 Å². The molecule has 1 rings (SSSR count). The lowest BCUT2D eigenvalue weighted by Gasteiger charge is -2.02. The number of H-pyrrole nitrogens is 1. The Kier molecular flexibility index (Phi) is 4.40. The highest BCUT2D eigenvalue weighted by Gasteiger charge is 2.06. The van der Waals surface area contributed by atoms with Crippen molar-refractivity contribution in [2.45, 2.75) is 19.4 Å². The number of hydrogen-bond donors (Lipinski definition) is 2. The summed E-state index contributed by atoms with van der Waals surface area (Å²) in [5.41, 5.74) is 0.932. The topological polar surface area (TPSA) is 71.2 Å². The molecule has 2 N–H and O–H groups in total. The van der Waals surface area contributed by atoms with Gasteiger partial charge in [0.2, 0.25) is 5.91 Å². The quantitative estimate of drug-likeness (QED) is 0.698. The Morgan fingerprint density at radius 3 is 2.87 bits per heavy atom. The van der Waals surface area contributed by atoms with Gasteiger partial charge in [-0.1, -0.05) is 0 Å². The molecule has 0 aliphatic rings. The van der Waals surface area contributed by atoms with E-state index in [9.17, 15) is 9.59 Å². The first-order chi connectivity index (χ1) is 7.22. The van der Waals surface area contributed by atoms with Crippen LogP contribution in [0.1, 0.15) is 18.5 Å². The van der Waals surface area contributed by atoms with E-state index in [1.54, 1.807) is 6.20 Å². The highest BCUT2D eigenvalue weighted by atomic mass is 16.5. The third kappa shape index (κ3) is 4.30. The van der Waals surface area contributed by atoms with E-state index in [0.29, 0.717) is 6.54 Å². The highest BCUT2D eigenvalue weighted by molar-refractivity contribution is 5.81. The maximum absolute atomic E-state index is 11.2. The summed E-state index contributed by atoms with van der Waals surface area (Å²) in [6.45, 7) is 0.451. The summed E-state index contributed by atoms with van der Waals surface area (Å²) in [4.78, 5) is 24.9. The van der Waals surface area contributed by atoms with Crippen molar-refractivity contribution in [3.63, 3.8) is 0 Å².